The van der Waals surface area contributed by atoms with Crippen LogP contribution in [-0.4, -0.2) is 69.8 Å². The molecular weight excluding hydrogens is 328 g/mol. The van der Waals surface area contributed by atoms with E-state index >= 15 is 0 Å². The summed E-state index contributed by atoms with van der Waals surface area (Å²) < 4.78 is 32.7. The smallest absolute Gasteiger partial charge is 0.382 e. The molecular formula is C17H26O6Si. The lowest BCUT2D eigenvalue weighted by Crippen LogP contribution is -2.47. The second-order valence-corrected chi connectivity index (χ2v) is 6.92. The highest BCUT2D eigenvalue weighted by Crippen LogP contribution is 2.10. The number of benzene rings is 1. The first-order valence-electron chi connectivity index (χ1n) is 7.73. The molecule has 0 heterocycles. The molecule has 0 N–H and O–H groups in total. The van der Waals surface area contributed by atoms with E-state index in [1.807, 2.05) is 30.3 Å². The SMILES string of the molecule is COCCO[Si](C#Cc1ccccc1)(OCCOC)OCCOC. The van der Waals surface area contributed by atoms with Crippen molar-refractivity contribution in [3.05, 3.63) is 35.9 Å². The average molecular weight is 354 g/mol. The molecule has 24 heavy (non-hydrogen) atoms. The highest BCUT2D eigenvalue weighted by atomic mass is 28.4. The Kier molecular flexibility index (Phi) is 11.3. The van der Waals surface area contributed by atoms with Crippen molar-refractivity contribution >= 4 is 8.80 Å². The number of methoxy groups -OCH3 is 3. The Morgan fingerprint density at radius 2 is 1.17 bits per heavy atom. The van der Waals surface area contributed by atoms with Gasteiger partial charge in [-0.2, -0.15) is 0 Å². The number of ether oxygens (including phenoxy) is 3. The largest absolute Gasteiger partial charge is 0.592 e. The molecule has 1 rings (SSSR count). The Balaban J connectivity index is 2.90. The van der Waals surface area contributed by atoms with E-state index in [2.05, 4.69) is 11.5 Å². The normalized spacial score (nSPS) is 11.1. The molecule has 0 aromatic heterocycles. The zero-order chi connectivity index (χ0) is 17.5. The van der Waals surface area contributed by atoms with Crippen molar-refractivity contribution in [2.24, 2.45) is 0 Å². The van der Waals surface area contributed by atoms with E-state index < -0.39 is 8.80 Å². The van der Waals surface area contributed by atoms with Gasteiger partial charge in [0.15, 0.2) is 0 Å². The van der Waals surface area contributed by atoms with Gasteiger partial charge in [0.2, 0.25) is 0 Å². The van der Waals surface area contributed by atoms with Crippen LogP contribution < -0.4 is 0 Å². The third kappa shape index (κ3) is 8.56. The van der Waals surface area contributed by atoms with E-state index in [0.717, 1.165) is 5.56 Å². The molecule has 0 radical (unpaired) electrons. The van der Waals surface area contributed by atoms with Gasteiger partial charge in [0.1, 0.15) is 0 Å². The van der Waals surface area contributed by atoms with Crippen LogP contribution in [0, 0.1) is 11.5 Å². The van der Waals surface area contributed by atoms with Crippen LogP contribution >= 0.6 is 0 Å². The Labute approximate surface area is 145 Å². The predicted octanol–water partition coefficient (Wildman–Crippen LogP) is 1.51. The Morgan fingerprint density at radius 3 is 1.58 bits per heavy atom. The summed E-state index contributed by atoms with van der Waals surface area (Å²) in [5.41, 5.74) is 3.95. The molecule has 0 aliphatic rings. The summed E-state index contributed by atoms with van der Waals surface area (Å²) >= 11 is 0. The van der Waals surface area contributed by atoms with Crippen LogP contribution in [0.5, 0.6) is 0 Å². The molecule has 0 aliphatic heterocycles. The topological polar surface area (TPSA) is 55.4 Å². The highest BCUT2D eigenvalue weighted by molar-refractivity contribution is 6.69. The molecule has 0 amide bonds. The van der Waals surface area contributed by atoms with Crippen molar-refractivity contribution in [3.8, 4) is 11.5 Å². The fourth-order valence-corrected chi connectivity index (χ4v) is 3.50. The molecule has 0 unspecified atom stereocenters. The summed E-state index contributed by atoms with van der Waals surface area (Å²) in [4.78, 5) is 0. The highest BCUT2D eigenvalue weighted by Gasteiger charge is 2.40. The molecule has 134 valence electrons. The minimum absolute atomic E-state index is 0.339. The minimum Gasteiger partial charge on any atom is -0.382 e. The van der Waals surface area contributed by atoms with Gasteiger partial charge in [-0.05, 0) is 17.7 Å². The molecule has 0 saturated heterocycles. The summed E-state index contributed by atoms with van der Waals surface area (Å²) in [6.45, 7) is 2.32. The first-order valence-corrected chi connectivity index (χ1v) is 9.45. The fourth-order valence-electron chi connectivity index (χ4n) is 1.68. The molecule has 0 fully saturated rings. The Morgan fingerprint density at radius 1 is 0.708 bits per heavy atom. The van der Waals surface area contributed by atoms with Crippen molar-refractivity contribution < 1.29 is 27.5 Å². The van der Waals surface area contributed by atoms with Gasteiger partial charge in [-0.25, -0.2) is 0 Å². The van der Waals surface area contributed by atoms with Gasteiger partial charge in [0.05, 0.1) is 39.6 Å². The molecule has 0 bridgehead atoms. The van der Waals surface area contributed by atoms with Crippen LogP contribution in [0.25, 0.3) is 0 Å². The Bertz CT molecular complexity index is 458. The molecule has 1 aromatic carbocycles. The second-order valence-electron chi connectivity index (χ2n) is 4.70. The maximum atomic E-state index is 5.87. The summed E-state index contributed by atoms with van der Waals surface area (Å²) in [5.74, 6) is 3.08. The van der Waals surface area contributed by atoms with Gasteiger partial charge >= 0.3 is 8.80 Å². The minimum atomic E-state index is -3.19. The summed E-state index contributed by atoms with van der Waals surface area (Å²) in [6.07, 6.45) is 0. The third-order valence-corrected chi connectivity index (χ3v) is 5.06. The molecule has 0 spiro atoms. The Hall–Kier alpha value is -1.24. The van der Waals surface area contributed by atoms with Crippen molar-refractivity contribution in [3.63, 3.8) is 0 Å². The summed E-state index contributed by atoms with van der Waals surface area (Å²) in [7, 11) is 1.64. The molecule has 0 atom stereocenters. The predicted molar refractivity (Wildman–Crippen MR) is 92.6 cm³/mol. The lowest BCUT2D eigenvalue weighted by Gasteiger charge is -2.24. The zero-order valence-corrected chi connectivity index (χ0v) is 15.6. The molecule has 7 heteroatoms. The van der Waals surface area contributed by atoms with Crippen LogP contribution in [-0.2, 0) is 27.5 Å². The number of hydrogen-bond acceptors (Lipinski definition) is 6. The third-order valence-electron chi connectivity index (χ3n) is 2.87. The van der Waals surface area contributed by atoms with E-state index in [0.29, 0.717) is 39.6 Å². The second kappa shape index (κ2) is 13.1. The van der Waals surface area contributed by atoms with Crippen LogP contribution in [0.1, 0.15) is 5.56 Å². The van der Waals surface area contributed by atoms with Crippen molar-refractivity contribution in [1.82, 2.24) is 0 Å². The molecule has 0 aliphatic carbocycles. The number of rotatable bonds is 12. The van der Waals surface area contributed by atoms with Crippen LogP contribution in [0.4, 0.5) is 0 Å². The van der Waals surface area contributed by atoms with E-state index in [-0.39, 0.29) is 0 Å². The van der Waals surface area contributed by atoms with E-state index in [1.54, 1.807) is 21.3 Å². The van der Waals surface area contributed by atoms with Crippen molar-refractivity contribution in [1.29, 1.82) is 0 Å². The van der Waals surface area contributed by atoms with Gasteiger partial charge in [-0.1, -0.05) is 24.1 Å². The van der Waals surface area contributed by atoms with Crippen LogP contribution in [0.3, 0.4) is 0 Å². The van der Waals surface area contributed by atoms with E-state index in [9.17, 15) is 0 Å². The lowest BCUT2D eigenvalue weighted by molar-refractivity contribution is 0.0250. The summed E-state index contributed by atoms with van der Waals surface area (Å²) in [6, 6.07) is 9.64. The van der Waals surface area contributed by atoms with Gasteiger partial charge in [-0.15, -0.1) is 0 Å². The standard InChI is InChI=1S/C17H26O6Si/c1-18-10-13-21-24(22-14-11-19-2,23-15-12-20-3)16-9-17-7-5-4-6-8-17/h4-8H,10-15H2,1-3H3. The van der Waals surface area contributed by atoms with E-state index in [4.69, 9.17) is 27.5 Å². The van der Waals surface area contributed by atoms with Gasteiger partial charge in [0, 0.05) is 26.9 Å². The van der Waals surface area contributed by atoms with Gasteiger partial charge in [0.25, 0.3) is 0 Å². The van der Waals surface area contributed by atoms with Gasteiger partial charge < -0.3 is 27.5 Å². The van der Waals surface area contributed by atoms with Crippen molar-refractivity contribution in [2.75, 3.05) is 61.0 Å². The van der Waals surface area contributed by atoms with Crippen LogP contribution in [0.15, 0.2) is 30.3 Å². The van der Waals surface area contributed by atoms with Crippen molar-refractivity contribution in [2.45, 2.75) is 0 Å². The van der Waals surface area contributed by atoms with Crippen LogP contribution in [0.2, 0.25) is 0 Å². The molecule has 1 aromatic rings. The molecule has 6 nitrogen and oxygen atoms in total. The number of hydrogen-bond donors (Lipinski definition) is 0. The monoisotopic (exact) mass is 354 g/mol. The zero-order valence-electron chi connectivity index (χ0n) is 14.6. The maximum Gasteiger partial charge on any atom is 0.592 e. The first kappa shape index (κ1) is 20.8. The van der Waals surface area contributed by atoms with Gasteiger partial charge in [-0.3, -0.25) is 0 Å². The first-order chi connectivity index (χ1) is 11.8. The fraction of sp³-hybridized carbons (Fsp3) is 0.529. The summed E-state index contributed by atoms with van der Waals surface area (Å²) in [5, 5.41) is 0. The quantitative estimate of drug-likeness (QED) is 0.322. The maximum absolute atomic E-state index is 5.87. The average Bonchev–Trinajstić information content (AvgIpc) is 2.61. The molecule has 0 saturated carbocycles. The lowest BCUT2D eigenvalue weighted by atomic mass is 10.2. The van der Waals surface area contributed by atoms with E-state index in [1.165, 1.54) is 0 Å².